The Labute approximate surface area is 163 Å². The molecule has 1 saturated carbocycles. The fourth-order valence-corrected chi connectivity index (χ4v) is 4.50. The Morgan fingerprint density at radius 2 is 2.04 bits per heavy atom. The lowest BCUT2D eigenvalue weighted by atomic mass is 9.96. The zero-order valence-electron chi connectivity index (χ0n) is 15.7. The number of hydrogen-bond donors (Lipinski definition) is 0. The van der Waals surface area contributed by atoms with Crippen molar-refractivity contribution >= 4 is 26.8 Å². The van der Waals surface area contributed by atoms with Crippen LogP contribution in [-0.4, -0.2) is 33.6 Å². The van der Waals surface area contributed by atoms with Crippen LogP contribution in [-0.2, 0) is 13.0 Å². The van der Waals surface area contributed by atoms with Gasteiger partial charge in [-0.2, -0.15) is 0 Å². The quantitative estimate of drug-likeness (QED) is 0.730. The first-order chi connectivity index (χ1) is 12.5. The zero-order valence-corrected chi connectivity index (χ0v) is 17.3. The molecule has 2 aromatic rings. The molecule has 0 bridgehead atoms. The van der Waals surface area contributed by atoms with Crippen molar-refractivity contribution in [2.24, 2.45) is 11.8 Å². The molecule has 1 saturated heterocycles. The number of rotatable bonds is 5. The molecule has 5 heteroatoms. The summed E-state index contributed by atoms with van der Waals surface area (Å²) >= 11 is 3.50. The van der Waals surface area contributed by atoms with Gasteiger partial charge in [0, 0.05) is 30.0 Å². The fourth-order valence-electron chi connectivity index (χ4n) is 4.14. The highest BCUT2D eigenvalue weighted by molar-refractivity contribution is 9.10. The van der Waals surface area contributed by atoms with E-state index in [1.54, 1.807) is 0 Å². The van der Waals surface area contributed by atoms with Crippen molar-refractivity contribution in [3.63, 3.8) is 0 Å². The lowest BCUT2D eigenvalue weighted by molar-refractivity contribution is 0.129. The van der Waals surface area contributed by atoms with Crippen molar-refractivity contribution in [1.82, 2.24) is 14.5 Å². The summed E-state index contributed by atoms with van der Waals surface area (Å²) in [5.41, 5.74) is 0.964. The standard InChI is InChI=1S/C21H28BrN3O/c1-14(2)24-9-3-4-16(12-24)13-25-20(10-15-5-6-15)23-19-8-7-17(22)11-18(19)21(25)26/h7-8,11,14-16H,3-6,9-10,12-13H2,1-2H3/t16-/m0/s1. The van der Waals surface area contributed by atoms with Crippen LogP contribution in [0.3, 0.4) is 0 Å². The Bertz CT molecular complexity index is 856. The van der Waals surface area contributed by atoms with Gasteiger partial charge >= 0.3 is 0 Å². The summed E-state index contributed by atoms with van der Waals surface area (Å²) in [5, 5.41) is 0.732. The third kappa shape index (κ3) is 3.89. The Morgan fingerprint density at radius 1 is 1.23 bits per heavy atom. The van der Waals surface area contributed by atoms with E-state index in [0.717, 1.165) is 46.6 Å². The largest absolute Gasteiger partial charge is 0.301 e. The molecule has 0 N–H and O–H groups in total. The molecule has 1 aliphatic carbocycles. The highest BCUT2D eigenvalue weighted by Crippen LogP contribution is 2.32. The number of hydrogen-bond acceptors (Lipinski definition) is 3. The van der Waals surface area contributed by atoms with Crippen molar-refractivity contribution in [2.45, 2.75) is 58.5 Å². The number of piperidine rings is 1. The highest BCUT2D eigenvalue weighted by Gasteiger charge is 2.27. The second-order valence-corrected chi connectivity index (χ2v) is 9.27. The van der Waals surface area contributed by atoms with Crippen LogP contribution in [0.5, 0.6) is 0 Å². The first-order valence-electron chi connectivity index (χ1n) is 9.94. The minimum Gasteiger partial charge on any atom is -0.301 e. The van der Waals surface area contributed by atoms with Gasteiger partial charge in [-0.15, -0.1) is 0 Å². The molecule has 0 spiro atoms. The third-order valence-corrected chi connectivity index (χ3v) is 6.38. The Balaban J connectivity index is 1.69. The predicted octanol–water partition coefficient (Wildman–Crippen LogP) is 4.23. The van der Waals surface area contributed by atoms with Gasteiger partial charge in [0.05, 0.1) is 10.9 Å². The van der Waals surface area contributed by atoms with Crippen LogP contribution in [0, 0.1) is 11.8 Å². The first kappa shape index (κ1) is 18.2. The molecule has 26 heavy (non-hydrogen) atoms. The summed E-state index contributed by atoms with van der Waals surface area (Å²) in [5.74, 6) is 2.25. The molecule has 2 heterocycles. The van der Waals surface area contributed by atoms with Crippen molar-refractivity contribution < 1.29 is 0 Å². The summed E-state index contributed by atoms with van der Waals surface area (Å²) in [7, 11) is 0. The van der Waals surface area contributed by atoms with Gasteiger partial charge in [0.1, 0.15) is 5.82 Å². The smallest absolute Gasteiger partial charge is 0.261 e. The molecule has 0 unspecified atom stereocenters. The molecule has 1 aromatic heterocycles. The maximum absolute atomic E-state index is 13.3. The monoisotopic (exact) mass is 417 g/mol. The Morgan fingerprint density at radius 3 is 2.77 bits per heavy atom. The van der Waals surface area contributed by atoms with Gasteiger partial charge in [-0.05, 0) is 76.1 Å². The predicted molar refractivity (Wildman–Crippen MR) is 110 cm³/mol. The molecule has 1 atom stereocenters. The van der Waals surface area contributed by atoms with Crippen molar-refractivity contribution in [3.05, 3.63) is 38.9 Å². The van der Waals surface area contributed by atoms with Gasteiger partial charge in [-0.3, -0.25) is 9.36 Å². The molecule has 0 radical (unpaired) electrons. The second kappa shape index (κ2) is 7.43. The van der Waals surface area contributed by atoms with Gasteiger partial charge in [-0.1, -0.05) is 15.9 Å². The number of fused-ring (bicyclic) bond motifs is 1. The Hall–Kier alpha value is -1.20. The van der Waals surface area contributed by atoms with Crippen LogP contribution in [0.15, 0.2) is 27.5 Å². The van der Waals surface area contributed by atoms with Crippen molar-refractivity contribution in [1.29, 1.82) is 0 Å². The molecular formula is C21H28BrN3O. The molecule has 2 fully saturated rings. The zero-order chi connectivity index (χ0) is 18.3. The summed E-state index contributed by atoms with van der Waals surface area (Å²) in [4.78, 5) is 20.7. The summed E-state index contributed by atoms with van der Waals surface area (Å²) in [6, 6.07) is 6.43. The average molecular weight is 418 g/mol. The van der Waals surface area contributed by atoms with E-state index in [1.165, 1.54) is 32.2 Å². The molecule has 4 nitrogen and oxygen atoms in total. The van der Waals surface area contributed by atoms with Crippen LogP contribution in [0.25, 0.3) is 10.9 Å². The second-order valence-electron chi connectivity index (χ2n) is 8.35. The lowest BCUT2D eigenvalue weighted by Crippen LogP contribution is -2.42. The number of benzene rings is 1. The molecule has 0 amide bonds. The van der Waals surface area contributed by atoms with Gasteiger partial charge in [-0.25, -0.2) is 4.98 Å². The van der Waals surface area contributed by atoms with E-state index in [2.05, 4.69) is 34.7 Å². The minimum absolute atomic E-state index is 0.133. The van der Waals surface area contributed by atoms with E-state index < -0.39 is 0 Å². The summed E-state index contributed by atoms with van der Waals surface area (Å²) < 4.78 is 2.94. The van der Waals surface area contributed by atoms with Gasteiger partial charge < -0.3 is 4.90 Å². The van der Waals surface area contributed by atoms with E-state index in [-0.39, 0.29) is 5.56 Å². The summed E-state index contributed by atoms with van der Waals surface area (Å²) in [6.07, 6.45) is 5.93. The van der Waals surface area contributed by atoms with Crippen LogP contribution in [0.4, 0.5) is 0 Å². The van der Waals surface area contributed by atoms with Crippen LogP contribution in [0.1, 0.15) is 45.4 Å². The van der Waals surface area contributed by atoms with E-state index in [4.69, 9.17) is 4.98 Å². The molecule has 1 aromatic carbocycles. The normalized spacial score (nSPS) is 21.6. The summed E-state index contributed by atoms with van der Waals surface area (Å²) in [6.45, 7) is 7.61. The number of halogens is 1. The van der Waals surface area contributed by atoms with Gasteiger partial charge in [0.15, 0.2) is 0 Å². The van der Waals surface area contributed by atoms with Gasteiger partial charge in [0.25, 0.3) is 5.56 Å². The van der Waals surface area contributed by atoms with Crippen LogP contribution in [0.2, 0.25) is 0 Å². The van der Waals surface area contributed by atoms with E-state index >= 15 is 0 Å². The van der Waals surface area contributed by atoms with Gasteiger partial charge in [0.2, 0.25) is 0 Å². The topological polar surface area (TPSA) is 38.1 Å². The number of nitrogens with zero attached hydrogens (tertiary/aromatic N) is 3. The SMILES string of the molecule is CC(C)N1CCC[C@H](Cn2c(CC3CC3)nc3ccc(Br)cc3c2=O)C1. The maximum Gasteiger partial charge on any atom is 0.261 e. The van der Waals surface area contributed by atoms with Crippen LogP contribution < -0.4 is 5.56 Å². The number of aromatic nitrogens is 2. The molecule has 4 rings (SSSR count). The Kier molecular flexibility index (Phi) is 5.20. The number of likely N-dealkylation sites (tertiary alicyclic amines) is 1. The minimum atomic E-state index is 0.133. The fraction of sp³-hybridized carbons (Fsp3) is 0.619. The van der Waals surface area contributed by atoms with Crippen molar-refractivity contribution in [3.8, 4) is 0 Å². The average Bonchev–Trinajstić information content (AvgIpc) is 3.43. The van der Waals surface area contributed by atoms with E-state index in [9.17, 15) is 4.79 Å². The first-order valence-corrected chi connectivity index (χ1v) is 10.7. The molecular weight excluding hydrogens is 390 g/mol. The molecule has 2 aliphatic rings. The van der Waals surface area contributed by atoms with E-state index in [0.29, 0.717) is 12.0 Å². The molecule has 140 valence electrons. The lowest BCUT2D eigenvalue weighted by Gasteiger charge is -2.35. The van der Waals surface area contributed by atoms with E-state index in [1.807, 2.05) is 22.8 Å². The van der Waals surface area contributed by atoms with Crippen molar-refractivity contribution in [2.75, 3.05) is 13.1 Å². The highest BCUT2D eigenvalue weighted by atomic mass is 79.9. The third-order valence-electron chi connectivity index (χ3n) is 5.88. The maximum atomic E-state index is 13.3. The molecule has 1 aliphatic heterocycles. The van der Waals surface area contributed by atoms with Crippen LogP contribution >= 0.6 is 15.9 Å².